The minimum atomic E-state index is -0.833. The summed E-state index contributed by atoms with van der Waals surface area (Å²) in [6, 6.07) is 73.8. The molecule has 496 valence electrons. The first kappa shape index (κ1) is 66.9. The number of aromatic nitrogens is 6. The molecule has 12 nitrogen and oxygen atoms in total. The number of fused-ring (bicyclic) bond motifs is 12. The van der Waals surface area contributed by atoms with E-state index in [0.29, 0.717) is 11.5 Å². The number of pyridine rings is 4. The Balaban J connectivity index is 0.000000167. The van der Waals surface area contributed by atoms with Crippen LogP contribution in [0.4, 0.5) is 0 Å². The summed E-state index contributed by atoms with van der Waals surface area (Å²) >= 11 is 0. The molecule has 16 aromatic rings. The molecule has 0 unspecified atom stereocenters. The van der Waals surface area contributed by atoms with Crippen molar-refractivity contribution >= 4 is 93.5 Å². The number of carboxylic acids is 1. The number of rotatable bonds is 8. The summed E-state index contributed by atoms with van der Waals surface area (Å²) in [5.74, 6) is 3.51. The molecule has 0 radical (unpaired) electrons. The van der Waals surface area contributed by atoms with Crippen LogP contribution in [0.3, 0.4) is 0 Å². The van der Waals surface area contributed by atoms with Crippen LogP contribution in [0.15, 0.2) is 228 Å². The summed E-state index contributed by atoms with van der Waals surface area (Å²) < 4.78 is 30.6. The Morgan fingerprint density at radius 3 is 1.44 bits per heavy atom. The van der Waals surface area contributed by atoms with Gasteiger partial charge in [0.2, 0.25) is 0 Å². The maximum Gasteiger partial charge on any atom is 2.00 e. The average molecular weight is 1480 g/mol. The first-order valence-corrected chi connectivity index (χ1v) is 33.1. The monoisotopic (exact) mass is 1480 g/mol. The van der Waals surface area contributed by atoms with Gasteiger partial charge in [0.15, 0.2) is 0 Å². The number of benzene rings is 8. The van der Waals surface area contributed by atoms with E-state index in [0.717, 1.165) is 135 Å². The molecular formula is C86H76N6O6Pt. The fourth-order valence-corrected chi connectivity index (χ4v) is 12.8. The molecule has 99 heavy (non-hydrogen) atoms. The van der Waals surface area contributed by atoms with Crippen LogP contribution in [0.5, 0.6) is 23.0 Å². The molecule has 0 bridgehead atoms. The van der Waals surface area contributed by atoms with Gasteiger partial charge in [0, 0.05) is 87.3 Å². The normalized spacial score (nSPS) is 12.1. The second-order valence-electron chi connectivity index (χ2n) is 29.2. The number of furan rings is 2. The van der Waals surface area contributed by atoms with Crippen molar-refractivity contribution in [3.05, 3.63) is 253 Å². The van der Waals surface area contributed by atoms with Crippen molar-refractivity contribution in [2.45, 2.75) is 112 Å². The van der Waals surface area contributed by atoms with Crippen LogP contribution in [-0.4, -0.2) is 40.1 Å². The van der Waals surface area contributed by atoms with Crippen LogP contribution < -0.4 is 9.47 Å². The molecule has 8 aromatic heterocycles. The van der Waals surface area contributed by atoms with Gasteiger partial charge in [0.25, 0.3) is 5.97 Å². The molecule has 0 aliphatic carbocycles. The van der Waals surface area contributed by atoms with Gasteiger partial charge in [-0.3, -0.25) is 14.3 Å². The van der Waals surface area contributed by atoms with E-state index in [1.54, 1.807) is 0 Å². The van der Waals surface area contributed by atoms with Gasteiger partial charge >= 0.3 is 21.1 Å². The Bertz CT molecular complexity index is 5420. The topological polar surface area (TPSA) is 143 Å². The minimum Gasteiger partial charge on any atom is -0.503 e. The largest absolute Gasteiger partial charge is 2.00 e. The predicted octanol–water partition coefficient (Wildman–Crippen LogP) is 22.7. The molecule has 8 heterocycles. The zero-order valence-corrected chi connectivity index (χ0v) is 60.0. The van der Waals surface area contributed by atoms with Gasteiger partial charge in [0.05, 0.1) is 22.3 Å². The van der Waals surface area contributed by atoms with Gasteiger partial charge in [-0.15, -0.1) is 17.5 Å². The van der Waals surface area contributed by atoms with Crippen molar-refractivity contribution in [3.63, 3.8) is 0 Å². The van der Waals surface area contributed by atoms with Crippen LogP contribution >= 0.6 is 0 Å². The maximum absolute atomic E-state index is 9.00. The van der Waals surface area contributed by atoms with Crippen LogP contribution in [0.1, 0.15) is 112 Å². The number of carbonyl (C=O) groups is 1. The van der Waals surface area contributed by atoms with Crippen LogP contribution in [0.25, 0.3) is 122 Å². The summed E-state index contributed by atoms with van der Waals surface area (Å²) in [6.07, 6.45) is 7.54. The fraction of sp³-hybridized carbons (Fsp3) is 0.198. The molecule has 0 aliphatic heterocycles. The number of aliphatic carboxylic acids is 1. The number of para-hydroxylation sites is 4. The first-order valence-electron chi connectivity index (χ1n) is 33.1. The van der Waals surface area contributed by atoms with Crippen LogP contribution in [0.2, 0.25) is 0 Å². The Morgan fingerprint density at radius 1 is 0.404 bits per heavy atom. The van der Waals surface area contributed by atoms with Crippen molar-refractivity contribution in [1.82, 2.24) is 29.1 Å². The predicted molar refractivity (Wildman–Crippen MR) is 397 cm³/mol. The zero-order valence-electron chi connectivity index (χ0n) is 57.8. The first-order chi connectivity index (χ1) is 46.8. The SMILES string of the molecule is CC(=O)O.CC(C)(C)c1ccnc(-c2[c-]c(Oc3[c-]c4c(cc3)c3ccccc3n4-c3cc(C(C)(C)C)ccn3)cc3c2oc2ccccc23)c1.CC(C)(C)c1ccnc(-c2cc(Oc3ccc4c5ccccc5n(-c5cc(C(C)(C)C)ccn5)c4c3)cc3c2oc2ccccc23)c1.[Pt+2]. The smallest absolute Gasteiger partial charge is 0.503 e. The van der Waals surface area contributed by atoms with E-state index in [9.17, 15) is 0 Å². The van der Waals surface area contributed by atoms with Crippen molar-refractivity contribution in [3.8, 4) is 57.1 Å². The Labute approximate surface area is 590 Å². The zero-order chi connectivity index (χ0) is 68.6. The molecule has 1 N–H and O–H groups in total. The third kappa shape index (κ3) is 13.2. The van der Waals surface area contributed by atoms with Gasteiger partial charge in [-0.25, -0.2) is 9.97 Å². The molecule has 0 amide bonds. The number of nitrogens with zero attached hydrogens (tertiary/aromatic N) is 6. The summed E-state index contributed by atoms with van der Waals surface area (Å²) in [4.78, 5) is 28.2. The molecule has 0 fully saturated rings. The number of hydrogen-bond acceptors (Lipinski definition) is 9. The van der Waals surface area contributed by atoms with E-state index in [1.807, 2.05) is 85.5 Å². The molecule has 0 saturated carbocycles. The van der Waals surface area contributed by atoms with Crippen molar-refractivity contribution in [2.24, 2.45) is 0 Å². The third-order valence-corrected chi connectivity index (χ3v) is 18.0. The van der Waals surface area contributed by atoms with E-state index in [1.165, 1.54) is 27.6 Å². The van der Waals surface area contributed by atoms with Gasteiger partial charge in [-0.2, -0.15) is 6.07 Å². The number of carboxylic acid groups (broad SMARTS) is 1. The molecule has 8 aromatic carbocycles. The van der Waals surface area contributed by atoms with Crippen LogP contribution in [-0.2, 0) is 47.5 Å². The van der Waals surface area contributed by atoms with E-state index in [4.69, 9.17) is 48.1 Å². The quantitative estimate of drug-likeness (QED) is 0.146. The Kier molecular flexibility index (Phi) is 17.5. The van der Waals surface area contributed by atoms with Crippen LogP contribution in [0, 0.1) is 12.1 Å². The van der Waals surface area contributed by atoms with Gasteiger partial charge in [-0.05, 0) is 146 Å². The third-order valence-electron chi connectivity index (χ3n) is 18.0. The summed E-state index contributed by atoms with van der Waals surface area (Å²) in [6.45, 7) is 27.7. The molecule has 13 heteroatoms. The molecule has 16 rings (SSSR count). The Morgan fingerprint density at radius 2 is 0.859 bits per heavy atom. The minimum absolute atomic E-state index is 0. The molecular weight excluding hydrogens is 1410 g/mol. The summed E-state index contributed by atoms with van der Waals surface area (Å²) in [7, 11) is 0. The van der Waals surface area contributed by atoms with E-state index < -0.39 is 5.97 Å². The summed E-state index contributed by atoms with van der Waals surface area (Å²) in [5.41, 5.74) is 15.4. The second-order valence-corrected chi connectivity index (χ2v) is 29.2. The second kappa shape index (κ2) is 26.0. The van der Waals surface area contributed by atoms with Gasteiger partial charge < -0.3 is 33.0 Å². The average Bonchev–Trinajstić information content (AvgIpc) is 1.62. The van der Waals surface area contributed by atoms with E-state index in [2.05, 4.69) is 238 Å². The van der Waals surface area contributed by atoms with E-state index in [-0.39, 0.29) is 42.7 Å². The van der Waals surface area contributed by atoms with Crippen molar-refractivity contribution in [2.75, 3.05) is 0 Å². The van der Waals surface area contributed by atoms with Gasteiger partial charge in [0.1, 0.15) is 39.9 Å². The fourth-order valence-electron chi connectivity index (χ4n) is 12.8. The Hall–Kier alpha value is -10.7. The van der Waals surface area contributed by atoms with Crippen molar-refractivity contribution < 1.29 is 49.3 Å². The van der Waals surface area contributed by atoms with Crippen molar-refractivity contribution in [1.29, 1.82) is 0 Å². The number of ether oxygens (including phenoxy) is 2. The molecule has 0 atom stereocenters. The van der Waals surface area contributed by atoms with Gasteiger partial charge in [-0.1, -0.05) is 191 Å². The summed E-state index contributed by atoms with van der Waals surface area (Å²) in [5, 5.41) is 16.0. The molecule has 0 saturated heterocycles. The molecule has 0 aliphatic rings. The number of hydrogen-bond donors (Lipinski definition) is 1. The molecule has 0 spiro atoms. The standard InChI is InChI=1S/C42H37N3O2.C42H35N3O2.C2H4O2.Pt/c2*1-41(2,3)26-17-19-43-35(21-26)34-24-29(23-33-32-12-8-10-14-38(32)47-40(33)34)46-28-15-16-31-30-11-7-9-13-36(30)45(37(31)25-28)39-22-27(18-20-44-39)42(4,5)6;1-2(3)4;/h7-25H,1-6H3;7-23H,1-6H3;1H3,(H,3,4);/q;-2;;+2. The maximum atomic E-state index is 9.00. The van der Waals surface area contributed by atoms with E-state index >= 15 is 0 Å².